The Morgan fingerprint density at radius 1 is 1.23 bits per heavy atom. The fourth-order valence-electron chi connectivity index (χ4n) is 2.98. The summed E-state index contributed by atoms with van der Waals surface area (Å²) in [4.78, 5) is 11.0. The minimum Gasteiger partial charge on any atom is -0.398 e. The second-order valence-corrected chi connectivity index (χ2v) is 6.41. The minimum atomic E-state index is 0.439. The number of anilines is 1. The van der Waals surface area contributed by atoms with Crippen LogP contribution in [0.15, 0.2) is 30.8 Å². The summed E-state index contributed by atoms with van der Waals surface area (Å²) < 4.78 is 0. The first-order chi connectivity index (χ1) is 12.4. The van der Waals surface area contributed by atoms with E-state index in [0.29, 0.717) is 18.8 Å². The molecule has 0 saturated heterocycles. The Bertz CT molecular complexity index is 740. The molecule has 26 heavy (non-hydrogen) atoms. The molecule has 1 heterocycles. The minimum absolute atomic E-state index is 0.439. The lowest BCUT2D eigenvalue weighted by atomic mass is 10.0. The molecule has 4 N–H and O–H groups in total. The highest BCUT2D eigenvalue weighted by atomic mass is 16.5. The number of hydroxylamine groups is 1. The van der Waals surface area contributed by atoms with E-state index in [4.69, 9.17) is 10.9 Å². The van der Waals surface area contributed by atoms with Gasteiger partial charge in [0.2, 0.25) is 0 Å². The number of hydrogen-bond donors (Lipinski definition) is 3. The van der Waals surface area contributed by atoms with Gasteiger partial charge in [-0.15, -0.1) is 0 Å². The van der Waals surface area contributed by atoms with Crippen molar-refractivity contribution < 1.29 is 5.21 Å². The number of aromatic nitrogens is 2. The van der Waals surface area contributed by atoms with Gasteiger partial charge in [0.15, 0.2) is 0 Å². The molecule has 2 rings (SSSR count). The number of rotatable bonds is 9. The van der Waals surface area contributed by atoms with Crippen LogP contribution in [-0.2, 0) is 12.8 Å². The predicted molar refractivity (Wildman–Crippen MR) is 106 cm³/mol. The van der Waals surface area contributed by atoms with Crippen molar-refractivity contribution in [1.82, 2.24) is 20.3 Å². The second-order valence-electron chi connectivity index (χ2n) is 6.41. The summed E-state index contributed by atoms with van der Waals surface area (Å²) >= 11 is 0. The van der Waals surface area contributed by atoms with Crippen molar-refractivity contribution in [2.75, 3.05) is 25.4 Å². The predicted octanol–water partition coefficient (Wildman–Crippen LogP) is 2.73. The number of nitrogens with zero attached hydrogens (tertiary/aromatic N) is 3. The van der Waals surface area contributed by atoms with Crippen molar-refractivity contribution in [3.05, 3.63) is 59.2 Å². The Hall–Kier alpha value is -2.44. The Kier molecular flexibility index (Phi) is 7.12. The summed E-state index contributed by atoms with van der Waals surface area (Å²) in [5.74, 6) is 0.780. The van der Waals surface area contributed by atoms with Gasteiger partial charge in [-0.3, -0.25) is 0 Å². The zero-order valence-corrected chi connectivity index (χ0v) is 15.9. The van der Waals surface area contributed by atoms with E-state index in [1.165, 1.54) is 5.56 Å². The molecular weight excluding hydrogens is 326 g/mol. The molecule has 0 atom stereocenters. The van der Waals surface area contributed by atoms with E-state index in [9.17, 15) is 0 Å². The van der Waals surface area contributed by atoms with Gasteiger partial charge in [0.05, 0.1) is 0 Å². The van der Waals surface area contributed by atoms with Gasteiger partial charge < -0.3 is 15.8 Å². The van der Waals surface area contributed by atoms with Crippen LogP contribution in [0.5, 0.6) is 0 Å². The van der Waals surface area contributed by atoms with Gasteiger partial charge in [-0.1, -0.05) is 19.6 Å². The lowest BCUT2D eigenvalue weighted by Gasteiger charge is -2.28. The first-order valence-electron chi connectivity index (χ1n) is 8.95. The molecule has 0 amide bonds. The first kappa shape index (κ1) is 19.9. The molecule has 6 heteroatoms. The summed E-state index contributed by atoms with van der Waals surface area (Å²) in [5.41, 5.74) is 14.1. The van der Waals surface area contributed by atoms with Crippen LogP contribution in [0.2, 0.25) is 0 Å². The SMILES string of the molecule is C=C(c1cc(CC)ccc1N)N(CCNO)CCc1cc(C)nc(C)n1. The van der Waals surface area contributed by atoms with Crippen molar-refractivity contribution in [2.24, 2.45) is 0 Å². The van der Waals surface area contributed by atoms with Crippen LogP contribution in [0.3, 0.4) is 0 Å². The van der Waals surface area contributed by atoms with Crippen LogP contribution >= 0.6 is 0 Å². The molecule has 0 radical (unpaired) electrons. The number of nitrogens with one attached hydrogen (secondary N) is 1. The number of hydrogen-bond acceptors (Lipinski definition) is 6. The van der Waals surface area contributed by atoms with E-state index in [-0.39, 0.29) is 0 Å². The maximum atomic E-state index is 9.01. The van der Waals surface area contributed by atoms with E-state index in [0.717, 1.165) is 47.9 Å². The third-order valence-electron chi connectivity index (χ3n) is 4.37. The number of nitrogen functional groups attached to an aromatic ring is 1. The third kappa shape index (κ3) is 5.28. The number of benzene rings is 1. The highest BCUT2D eigenvalue weighted by Gasteiger charge is 2.13. The van der Waals surface area contributed by atoms with Crippen molar-refractivity contribution >= 4 is 11.4 Å². The Morgan fingerprint density at radius 3 is 2.65 bits per heavy atom. The van der Waals surface area contributed by atoms with Crippen LogP contribution < -0.4 is 11.2 Å². The zero-order chi connectivity index (χ0) is 19.1. The van der Waals surface area contributed by atoms with Crippen molar-refractivity contribution in [3.63, 3.8) is 0 Å². The molecule has 1 aromatic heterocycles. The molecule has 0 aliphatic heterocycles. The smallest absolute Gasteiger partial charge is 0.125 e. The molecular formula is C20H29N5O. The zero-order valence-electron chi connectivity index (χ0n) is 15.9. The maximum absolute atomic E-state index is 9.01. The highest BCUT2D eigenvalue weighted by molar-refractivity contribution is 5.73. The van der Waals surface area contributed by atoms with E-state index in [2.05, 4.69) is 39.9 Å². The van der Waals surface area contributed by atoms with Crippen molar-refractivity contribution in [2.45, 2.75) is 33.6 Å². The van der Waals surface area contributed by atoms with Gasteiger partial charge >= 0.3 is 0 Å². The molecule has 0 fully saturated rings. The molecule has 0 bridgehead atoms. The summed E-state index contributed by atoms with van der Waals surface area (Å²) in [6, 6.07) is 8.07. The fourth-order valence-corrected chi connectivity index (χ4v) is 2.98. The summed E-state index contributed by atoms with van der Waals surface area (Å²) in [6.45, 7) is 12.0. The van der Waals surface area contributed by atoms with Crippen molar-refractivity contribution in [1.29, 1.82) is 0 Å². The molecule has 6 nitrogen and oxygen atoms in total. The largest absolute Gasteiger partial charge is 0.398 e. The van der Waals surface area contributed by atoms with Crippen LogP contribution in [0.1, 0.15) is 35.3 Å². The summed E-state index contributed by atoms with van der Waals surface area (Å²) in [5, 5.41) is 9.01. The monoisotopic (exact) mass is 355 g/mol. The standard InChI is InChI=1S/C20H29N5O/c1-5-17-6-7-20(21)19(13-17)15(3)25(11-9-22-26)10-8-18-12-14(2)23-16(4)24-18/h6-7,12-13,22,26H,3,5,8-11,21H2,1-2,4H3. The third-order valence-corrected chi connectivity index (χ3v) is 4.37. The van der Waals surface area contributed by atoms with Crippen LogP contribution in [0, 0.1) is 13.8 Å². The van der Waals surface area contributed by atoms with Gasteiger partial charge in [-0.2, -0.15) is 0 Å². The normalized spacial score (nSPS) is 10.8. The average molecular weight is 355 g/mol. The van der Waals surface area contributed by atoms with Gasteiger partial charge in [-0.25, -0.2) is 15.4 Å². The second kappa shape index (κ2) is 9.31. The molecule has 0 unspecified atom stereocenters. The number of nitrogens with two attached hydrogens (primary N) is 1. The molecule has 0 aliphatic rings. The van der Waals surface area contributed by atoms with Crippen molar-refractivity contribution in [3.8, 4) is 0 Å². The van der Waals surface area contributed by atoms with E-state index >= 15 is 0 Å². The lowest BCUT2D eigenvalue weighted by molar-refractivity contribution is 0.158. The van der Waals surface area contributed by atoms with Gasteiger partial charge in [0.1, 0.15) is 5.82 Å². The first-order valence-corrected chi connectivity index (χ1v) is 8.95. The van der Waals surface area contributed by atoms with E-state index in [1.807, 2.05) is 32.0 Å². The molecule has 2 aromatic rings. The maximum Gasteiger partial charge on any atom is 0.125 e. The topological polar surface area (TPSA) is 87.3 Å². The molecule has 1 aromatic carbocycles. The van der Waals surface area contributed by atoms with Gasteiger partial charge in [0, 0.05) is 54.4 Å². The average Bonchev–Trinajstić information content (AvgIpc) is 2.61. The summed E-state index contributed by atoms with van der Waals surface area (Å²) in [7, 11) is 0. The van der Waals surface area contributed by atoms with Crippen LogP contribution in [0.25, 0.3) is 5.70 Å². The van der Waals surface area contributed by atoms with Gasteiger partial charge in [-0.05, 0) is 44.0 Å². The Balaban J connectivity index is 2.19. The molecule has 0 saturated carbocycles. The fraction of sp³-hybridized carbons (Fsp3) is 0.400. The number of aryl methyl sites for hydroxylation is 3. The van der Waals surface area contributed by atoms with Gasteiger partial charge in [0.25, 0.3) is 0 Å². The molecule has 140 valence electrons. The quantitative estimate of drug-likeness (QED) is 0.474. The molecule has 0 spiro atoms. The Morgan fingerprint density at radius 2 is 2.00 bits per heavy atom. The molecule has 0 aliphatic carbocycles. The Labute approximate surface area is 155 Å². The summed E-state index contributed by atoms with van der Waals surface area (Å²) in [6.07, 6.45) is 1.71. The highest BCUT2D eigenvalue weighted by Crippen LogP contribution is 2.25. The van der Waals surface area contributed by atoms with E-state index in [1.54, 1.807) is 0 Å². The van der Waals surface area contributed by atoms with Crippen LogP contribution in [0.4, 0.5) is 5.69 Å². The lowest BCUT2D eigenvalue weighted by Crippen LogP contribution is -2.31. The van der Waals surface area contributed by atoms with Crippen LogP contribution in [-0.4, -0.2) is 39.7 Å². The van der Waals surface area contributed by atoms with E-state index < -0.39 is 0 Å².